The molecule has 0 aliphatic carbocycles. The Labute approximate surface area is 123 Å². The van der Waals surface area contributed by atoms with Crippen LogP contribution in [0.1, 0.15) is 27.7 Å². The zero-order valence-electron chi connectivity index (χ0n) is 13.5. The third-order valence-electron chi connectivity index (χ3n) is 3.78. The minimum Gasteiger partial charge on any atom is -0.466 e. The number of carbonyl (C=O) groups is 1. The van der Waals surface area contributed by atoms with Crippen LogP contribution in [0.2, 0.25) is 13.1 Å². The Hall–Kier alpha value is -1.35. The van der Waals surface area contributed by atoms with Gasteiger partial charge in [0.2, 0.25) is 0 Å². The van der Waals surface area contributed by atoms with E-state index in [-0.39, 0.29) is 11.9 Å². The number of esters is 1. The number of ether oxygens (including phenoxy) is 1. The molecule has 1 atom stereocenters. The van der Waals surface area contributed by atoms with Gasteiger partial charge < -0.3 is 4.74 Å². The van der Waals surface area contributed by atoms with Crippen molar-refractivity contribution < 1.29 is 9.53 Å². The predicted octanol–water partition coefficient (Wildman–Crippen LogP) is 3.68. The first-order valence-corrected chi connectivity index (χ1v) is 10.2. The van der Waals surface area contributed by atoms with Crippen LogP contribution in [0.4, 0.5) is 0 Å². The second-order valence-corrected chi connectivity index (χ2v) is 10.2. The molecule has 0 spiro atoms. The largest absolute Gasteiger partial charge is 0.466 e. The van der Waals surface area contributed by atoms with Crippen LogP contribution in [0.3, 0.4) is 0 Å². The van der Waals surface area contributed by atoms with Crippen LogP contribution >= 0.6 is 0 Å². The van der Waals surface area contributed by atoms with Crippen LogP contribution in [0.25, 0.3) is 0 Å². The summed E-state index contributed by atoms with van der Waals surface area (Å²) in [6.45, 7) is 13.1. The quantitative estimate of drug-likeness (QED) is 0.611. The summed E-state index contributed by atoms with van der Waals surface area (Å²) in [6.07, 6.45) is 0. The van der Waals surface area contributed by atoms with Gasteiger partial charge >= 0.3 is 5.97 Å². The van der Waals surface area contributed by atoms with Crippen LogP contribution in [-0.2, 0) is 9.53 Å². The fourth-order valence-electron chi connectivity index (χ4n) is 2.99. The van der Waals surface area contributed by atoms with Gasteiger partial charge in [-0.25, -0.2) is 0 Å². The van der Waals surface area contributed by atoms with Gasteiger partial charge in [-0.1, -0.05) is 59.4 Å². The second-order valence-electron chi connectivity index (χ2n) is 5.88. The van der Waals surface area contributed by atoms with Gasteiger partial charge in [0, 0.05) is 0 Å². The lowest BCUT2D eigenvalue weighted by Gasteiger charge is -2.31. The number of hydrogen-bond acceptors (Lipinski definition) is 2. The molecule has 0 radical (unpaired) electrons. The summed E-state index contributed by atoms with van der Waals surface area (Å²) in [7, 11) is -1.85. The Bertz CT molecular complexity index is 485. The van der Waals surface area contributed by atoms with Crippen LogP contribution in [0.5, 0.6) is 0 Å². The lowest BCUT2D eigenvalue weighted by atomic mass is 10.1. The van der Waals surface area contributed by atoms with Crippen molar-refractivity contribution in [2.75, 3.05) is 6.61 Å². The first-order chi connectivity index (χ1) is 9.32. The average Bonchev–Trinajstić information content (AvgIpc) is 2.39. The van der Waals surface area contributed by atoms with Crippen molar-refractivity contribution in [2.24, 2.45) is 5.92 Å². The minimum atomic E-state index is -1.85. The van der Waals surface area contributed by atoms with Crippen LogP contribution in [0.15, 0.2) is 41.1 Å². The highest BCUT2D eigenvalue weighted by Crippen LogP contribution is 2.27. The smallest absolute Gasteiger partial charge is 0.312 e. The normalized spacial score (nSPS) is 12.7. The lowest BCUT2D eigenvalue weighted by molar-refractivity contribution is -0.145. The Morgan fingerprint density at radius 1 is 1.20 bits per heavy atom. The number of carbonyl (C=O) groups excluding carboxylic acids is 1. The third-order valence-corrected chi connectivity index (χ3v) is 7.84. The maximum Gasteiger partial charge on any atom is 0.312 e. The van der Waals surface area contributed by atoms with Gasteiger partial charge in [-0.2, -0.15) is 0 Å². The van der Waals surface area contributed by atoms with Crippen molar-refractivity contribution in [1.29, 1.82) is 0 Å². The van der Waals surface area contributed by atoms with E-state index in [0.717, 1.165) is 0 Å². The predicted molar refractivity (Wildman–Crippen MR) is 87.7 cm³/mol. The molecule has 0 bridgehead atoms. The van der Waals surface area contributed by atoms with Gasteiger partial charge in [-0.05, 0) is 27.7 Å². The molecule has 0 heterocycles. The standard InChI is InChI=1S/C17H26O2Si/c1-7-19-17(18)14(4)16(13(2)3)20(5,6)15-11-9-8-10-12-15/h8-12,14H,7H2,1-6H3. The van der Waals surface area contributed by atoms with Gasteiger partial charge in [0.1, 0.15) is 8.07 Å². The van der Waals surface area contributed by atoms with E-state index in [1.807, 2.05) is 19.9 Å². The minimum absolute atomic E-state index is 0.111. The van der Waals surface area contributed by atoms with E-state index in [9.17, 15) is 4.79 Å². The molecule has 0 aliphatic rings. The number of allylic oxidation sites excluding steroid dienone is 1. The van der Waals surface area contributed by atoms with Crippen LogP contribution in [0, 0.1) is 5.92 Å². The first kappa shape index (κ1) is 16.7. The molecular weight excluding hydrogens is 264 g/mol. The summed E-state index contributed by atoms with van der Waals surface area (Å²) in [6, 6.07) is 10.5. The van der Waals surface area contributed by atoms with E-state index in [2.05, 4.69) is 51.2 Å². The Morgan fingerprint density at radius 2 is 1.75 bits per heavy atom. The number of rotatable bonds is 5. The topological polar surface area (TPSA) is 26.3 Å². The molecule has 0 saturated carbocycles. The fraction of sp³-hybridized carbons (Fsp3) is 0.471. The number of hydrogen-bond donors (Lipinski definition) is 0. The van der Waals surface area contributed by atoms with Crippen molar-refractivity contribution >= 4 is 19.2 Å². The highest BCUT2D eigenvalue weighted by molar-refractivity contribution is 6.96. The van der Waals surface area contributed by atoms with E-state index in [1.165, 1.54) is 16.0 Å². The fourth-order valence-corrected chi connectivity index (χ4v) is 6.78. The van der Waals surface area contributed by atoms with Gasteiger partial charge in [0.05, 0.1) is 12.5 Å². The lowest BCUT2D eigenvalue weighted by Crippen LogP contribution is -2.47. The molecule has 0 aliphatic heterocycles. The monoisotopic (exact) mass is 290 g/mol. The molecule has 0 saturated heterocycles. The van der Waals surface area contributed by atoms with Crippen LogP contribution < -0.4 is 5.19 Å². The summed E-state index contributed by atoms with van der Waals surface area (Å²) in [5.74, 6) is -0.276. The zero-order valence-corrected chi connectivity index (χ0v) is 14.5. The molecule has 0 N–H and O–H groups in total. The molecule has 1 unspecified atom stereocenters. The molecule has 3 heteroatoms. The van der Waals surface area contributed by atoms with Crippen molar-refractivity contribution in [3.05, 3.63) is 41.1 Å². The average molecular weight is 290 g/mol. The van der Waals surface area contributed by atoms with Gasteiger partial charge in [0.15, 0.2) is 0 Å². The SMILES string of the molecule is CCOC(=O)C(C)C(=C(C)C)[Si](C)(C)c1ccccc1. The van der Waals surface area contributed by atoms with Gasteiger partial charge in [-0.3, -0.25) is 4.79 Å². The Balaban J connectivity index is 3.22. The Morgan fingerprint density at radius 3 is 2.20 bits per heavy atom. The molecule has 0 fully saturated rings. The van der Waals surface area contributed by atoms with Crippen molar-refractivity contribution in [3.8, 4) is 0 Å². The Kier molecular flexibility index (Phi) is 5.75. The summed E-state index contributed by atoms with van der Waals surface area (Å²) in [5.41, 5.74) is 1.24. The highest BCUT2D eigenvalue weighted by Gasteiger charge is 2.35. The zero-order chi connectivity index (χ0) is 15.3. The molecule has 20 heavy (non-hydrogen) atoms. The molecule has 1 rings (SSSR count). The van der Waals surface area contributed by atoms with Gasteiger partial charge in [-0.15, -0.1) is 0 Å². The van der Waals surface area contributed by atoms with E-state index < -0.39 is 8.07 Å². The summed E-state index contributed by atoms with van der Waals surface area (Å²) in [5, 5.41) is 2.63. The van der Waals surface area contributed by atoms with E-state index >= 15 is 0 Å². The molecule has 0 amide bonds. The second kappa shape index (κ2) is 6.89. The molecular formula is C17H26O2Si. The van der Waals surface area contributed by atoms with Crippen LogP contribution in [-0.4, -0.2) is 20.7 Å². The maximum atomic E-state index is 12.1. The third kappa shape index (κ3) is 3.60. The van der Waals surface area contributed by atoms with Crippen molar-refractivity contribution in [2.45, 2.75) is 40.8 Å². The molecule has 1 aromatic carbocycles. The maximum absolute atomic E-state index is 12.1. The molecule has 1 aromatic rings. The van der Waals surface area contributed by atoms with E-state index in [0.29, 0.717) is 6.61 Å². The molecule has 0 aromatic heterocycles. The number of benzene rings is 1. The summed E-state index contributed by atoms with van der Waals surface area (Å²) < 4.78 is 5.21. The van der Waals surface area contributed by atoms with Gasteiger partial charge in [0.25, 0.3) is 0 Å². The van der Waals surface area contributed by atoms with Crippen molar-refractivity contribution in [1.82, 2.24) is 0 Å². The van der Waals surface area contributed by atoms with E-state index in [1.54, 1.807) is 0 Å². The summed E-state index contributed by atoms with van der Waals surface area (Å²) >= 11 is 0. The summed E-state index contributed by atoms with van der Waals surface area (Å²) in [4.78, 5) is 12.1. The van der Waals surface area contributed by atoms with E-state index in [4.69, 9.17) is 4.74 Å². The first-order valence-electron chi connectivity index (χ1n) is 7.22. The highest BCUT2D eigenvalue weighted by atomic mass is 28.3. The molecule has 110 valence electrons. The van der Waals surface area contributed by atoms with Crippen molar-refractivity contribution in [3.63, 3.8) is 0 Å². The molecule has 2 nitrogen and oxygen atoms in total.